The molecular weight excluding hydrogens is 290 g/mol. The van der Waals surface area contributed by atoms with Gasteiger partial charge in [0.25, 0.3) is 0 Å². The Morgan fingerprint density at radius 3 is 2.82 bits per heavy atom. The van der Waals surface area contributed by atoms with Crippen LogP contribution < -0.4 is 10.5 Å². The number of carboxylic acids is 1. The van der Waals surface area contributed by atoms with Gasteiger partial charge >= 0.3 is 5.97 Å². The Hall–Kier alpha value is -1.27. The van der Waals surface area contributed by atoms with Crippen LogP contribution in [0.2, 0.25) is 0 Å². The van der Waals surface area contributed by atoms with Crippen LogP contribution in [0.25, 0.3) is 0 Å². The van der Waals surface area contributed by atoms with E-state index >= 15 is 0 Å². The number of halogens is 1. The molecule has 17 heavy (non-hydrogen) atoms. The quantitative estimate of drug-likeness (QED) is 0.767. The predicted octanol–water partition coefficient (Wildman–Crippen LogP) is 1.35. The maximum Gasteiger partial charge on any atom is 0.328 e. The number of hydrogen-bond acceptors (Lipinski definition) is 4. The average molecular weight is 302 g/mol. The number of hydrogen-bond donors (Lipinski definition) is 3. The van der Waals surface area contributed by atoms with Crippen LogP contribution in [-0.4, -0.2) is 23.3 Å². The number of phenolic OH excluding ortho intramolecular Hbond substituents is 1. The first-order valence-electron chi connectivity index (χ1n) is 5.03. The van der Waals surface area contributed by atoms with E-state index in [1.807, 2.05) is 0 Å². The van der Waals surface area contributed by atoms with E-state index in [0.29, 0.717) is 10.9 Å². The summed E-state index contributed by atoms with van der Waals surface area (Å²) in [7, 11) is 1.40. The molecule has 5 nitrogen and oxygen atoms in total. The van der Waals surface area contributed by atoms with Gasteiger partial charge in [0.1, 0.15) is 5.54 Å². The molecule has 1 aliphatic carbocycles. The number of aliphatic carboxylic acids is 1. The van der Waals surface area contributed by atoms with Gasteiger partial charge in [0.15, 0.2) is 11.5 Å². The summed E-state index contributed by atoms with van der Waals surface area (Å²) in [6.07, 6.45) is 0.771. The van der Waals surface area contributed by atoms with Crippen LogP contribution >= 0.6 is 15.9 Å². The number of carbonyl (C=O) groups is 1. The van der Waals surface area contributed by atoms with Crippen molar-refractivity contribution in [1.82, 2.24) is 0 Å². The van der Waals surface area contributed by atoms with Crippen LogP contribution in [0.1, 0.15) is 17.5 Å². The topological polar surface area (TPSA) is 92.8 Å². The van der Waals surface area contributed by atoms with Crippen LogP contribution in [-0.2, 0) is 16.8 Å². The summed E-state index contributed by atoms with van der Waals surface area (Å²) in [6.45, 7) is 0. The van der Waals surface area contributed by atoms with Gasteiger partial charge in [-0.15, -0.1) is 0 Å². The van der Waals surface area contributed by atoms with Gasteiger partial charge in [-0.05, 0) is 24.5 Å². The van der Waals surface area contributed by atoms with Crippen LogP contribution in [0.15, 0.2) is 10.5 Å². The molecule has 4 N–H and O–H groups in total. The summed E-state index contributed by atoms with van der Waals surface area (Å²) in [6, 6.07) is 1.61. The second-order valence-electron chi connectivity index (χ2n) is 4.04. The van der Waals surface area contributed by atoms with Crippen molar-refractivity contribution in [2.45, 2.75) is 18.4 Å². The molecule has 1 atom stereocenters. The van der Waals surface area contributed by atoms with E-state index < -0.39 is 11.5 Å². The van der Waals surface area contributed by atoms with Gasteiger partial charge in [-0.25, -0.2) is 4.79 Å². The van der Waals surface area contributed by atoms with E-state index in [2.05, 4.69) is 15.9 Å². The minimum Gasteiger partial charge on any atom is -0.504 e. The largest absolute Gasteiger partial charge is 0.504 e. The third kappa shape index (κ3) is 1.59. The first-order chi connectivity index (χ1) is 7.91. The third-order valence-corrected chi connectivity index (χ3v) is 3.84. The fraction of sp³-hybridized carbons (Fsp3) is 0.364. The molecule has 2 rings (SSSR count). The fourth-order valence-corrected chi connectivity index (χ4v) is 2.80. The zero-order chi connectivity index (χ0) is 12.8. The van der Waals surface area contributed by atoms with Gasteiger partial charge < -0.3 is 20.7 Å². The molecule has 0 spiro atoms. The normalized spacial score (nSPS) is 22.3. The molecule has 1 aromatic carbocycles. The summed E-state index contributed by atoms with van der Waals surface area (Å²) < 4.78 is 5.70. The number of ether oxygens (including phenoxy) is 1. The van der Waals surface area contributed by atoms with Crippen molar-refractivity contribution in [3.63, 3.8) is 0 Å². The lowest BCUT2D eigenvalue weighted by Crippen LogP contribution is -2.42. The van der Waals surface area contributed by atoms with E-state index in [0.717, 1.165) is 5.56 Å². The Kier molecular flexibility index (Phi) is 2.79. The van der Waals surface area contributed by atoms with E-state index in [4.69, 9.17) is 10.5 Å². The second kappa shape index (κ2) is 3.89. The molecular formula is C11H12BrNO4. The van der Waals surface area contributed by atoms with Crippen molar-refractivity contribution in [2.75, 3.05) is 7.11 Å². The molecule has 0 saturated carbocycles. The maximum atomic E-state index is 11.3. The van der Waals surface area contributed by atoms with Crippen molar-refractivity contribution < 1.29 is 19.7 Å². The summed E-state index contributed by atoms with van der Waals surface area (Å²) in [5, 5.41) is 19.2. The molecule has 1 unspecified atom stereocenters. The molecule has 0 aliphatic heterocycles. The summed E-state index contributed by atoms with van der Waals surface area (Å²) in [5.74, 6) is -1.12. The van der Waals surface area contributed by atoms with Crippen LogP contribution in [0.3, 0.4) is 0 Å². The molecule has 0 saturated heterocycles. The molecule has 6 heteroatoms. The Balaban J connectivity index is 2.74. The highest BCUT2D eigenvalue weighted by Gasteiger charge is 2.46. The highest BCUT2D eigenvalue weighted by molar-refractivity contribution is 9.10. The number of fused-ring (bicyclic) bond motifs is 1. The highest BCUT2D eigenvalue weighted by Crippen LogP contribution is 2.48. The standard InChI is InChI=1S/C11H12BrNO4/c1-17-7-4-6(12)5-2-3-11(13,10(15)16)8(5)9(7)14/h4,14H,2-3,13H2,1H3,(H,15,16). The average Bonchev–Trinajstić information content (AvgIpc) is 2.64. The number of methoxy groups -OCH3 is 1. The van der Waals surface area contributed by atoms with Gasteiger partial charge in [0, 0.05) is 10.0 Å². The zero-order valence-electron chi connectivity index (χ0n) is 9.16. The summed E-state index contributed by atoms with van der Waals surface area (Å²) in [5.41, 5.74) is 5.30. The number of nitrogens with two attached hydrogens (primary N) is 1. The van der Waals surface area contributed by atoms with E-state index in [9.17, 15) is 15.0 Å². The molecule has 0 fully saturated rings. The van der Waals surface area contributed by atoms with Crippen LogP contribution in [0.4, 0.5) is 0 Å². The van der Waals surface area contributed by atoms with Crippen molar-refractivity contribution in [1.29, 1.82) is 0 Å². The zero-order valence-corrected chi connectivity index (χ0v) is 10.7. The molecule has 0 aromatic heterocycles. The molecule has 1 aliphatic rings. The molecule has 1 aromatic rings. The van der Waals surface area contributed by atoms with Gasteiger partial charge in [-0.2, -0.15) is 0 Å². The van der Waals surface area contributed by atoms with E-state index in [1.165, 1.54) is 7.11 Å². The number of rotatable bonds is 2. The van der Waals surface area contributed by atoms with Crippen molar-refractivity contribution in [3.8, 4) is 11.5 Å². The molecule has 0 heterocycles. The van der Waals surface area contributed by atoms with Crippen molar-refractivity contribution in [3.05, 3.63) is 21.7 Å². The first-order valence-corrected chi connectivity index (χ1v) is 5.82. The van der Waals surface area contributed by atoms with Crippen LogP contribution in [0, 0.1) is 0 Å². The Morgan fingerprint density at radius 1 is 1.65 bits per heavy atom. The summed E-state index contributed by atoms with van der Waals surface area (Å²) >= 11 is 3.33. The Labute approximate surface area is 106 Å². The number of aromatic hydroxyl groups is 1. The predicted molar refractivity (Wildman–Crippen MR) is 64.2 cm³/mol. The van der Waals surface area contributed by atoms with Crippen LogP contribution in [0.5, 0.6) is 11.5 Å². The van der Waals surface area contributed by atoms with Crippen molar-refractivity contribution >= 4 is 21.9 Å². The minimum atomic E-state index is -1.55. The van der Waals surface area contributed by atoms with Gasteiger partial charge in [0.05, 0.1) is 7.11 Å². The van der Waals surface area contributed by atoms with Gasteiger partial charge in [-0.1, -0.05) is 15.9 Å². The Bertz CT molecular complexity index is 503. The third-order valence-electron chi connectivity index (χ3n) is 3.14. The second-order valence-corrected chi connectivity index (χ2v) is 4.89. The van der Waals surface area contributed by atoms with Gasteiger partial charge in [0.2, 0.25) is 0 Å². The maximum absolute atomic E-state index is 11.3. The van der Waals surface area contributed by atoms with Gasteiger partial charge in [-0.3, -0.25) is 0 Å². The smallest absolute Gasteiger partial charge is 0.328 e. The highest BCUT2D eigenvalue weighted by atomic mass is 79.9. The lowest BCUT2D eigenvalue weighted by atomic mass is 9.92. The number of phenols is 1. The Morgan fingerprint density at radius 2 is 2.29 bits per heavy atom. The minimum absolute atomic E-state index is 0.187. The fourth-order valence-electron chi connectivity index (χ4n) is 2.20. The molecule has 0 bridgehead atoms. The number of benzene rings is 1. The first kappa shape index (κ1) is 12.2. The monoisotopic (exact) mass is 301 g/mol. The molecule has 92 valence electrons. The van der Waals surface area contributed by atoms with E-state index in [1.54, 1.807) is 6.07 Å². The lowest BCUT2D eigenvalue weighted by Gasteiger charge is -2.21. The SMILES string of the molecule is COc1cc(Br)c2c(c1O)C(N)(C(=O)O)CC2. The lowest BCUT2D eigenvalue weighted by molar-refractivity contribution is -0.143. The van der Waals surface area contributed by atoms with Crippen molar-refractivity contribution in [2.24, 2.45) is 5.73 Å². The molecule has 0 radical (unpaired) electrons. The molecule has 0 amide bonds. The summed E-state index contributed by atoms with van der Waals surface area (Å²) in [4.78, 5) is 11.3. The van der Waals surface area contributed by atoms with E-state index in [-0.39, 0.29) is 23.5 Å². The number of carboxylic acid groups (broad SMARTS) is 1.